The minimum absolute atomic E-state index is 0.00255. The summed E-state index contributed by atoms with van der Waals surface area (Å²) in [6, 6.07) is 10.6. The van der Waals surface area contributed by atoms with Crippen LogP contribution in [0.25, 0.3) is 11.4 Å². The lowest BCUT2D eigenvalue weighted by atomic mass is 10.1. The minimum Gasteiger partial charge on any atom is -0.491 e. The zero-order valence-corrected chi connectivity index (χ0v) is 16.9. The zero-order chi connectivity index (χ0) is 20.6. The third-order valence-corrected chi connectivity index (χ3v) is 5.19. The van der Waals surface area contributed by atoms with Gasteiger partial charge in [-0.3, -0.25) is 14.3 Å². The number of carbonyl (C=O) groups excluding carboxylic acids is 1. The standard InChI is InChI=1S/C21H22N4O3S/c1-3-12-25-20(17-8-10-22-11-9-17)23-24-21(25)29-14-18(27)13-28-19-6-4-16(5-7-19)15(2)26/h3-11,18,27H,1,12-14H2,2H3/t18-/m0/s1. The van der Waals surface area contributed by atoms with Crippen molar-refractivity contribution < 1.29 is 14.6 Å². The molecule has 29 heavy (non-hydrogen) atoms. The quantitative estimate of drug-likeness (QED) is 0.312. The number of ether oxygens (including phenoxy) is 1. The molecular formula is C21H22N4O3S. The smallest absolute Gasteiger partial charge is 0.191 e. The predicted molar refractivity (Wildman–Crippen MR) is 112 cm³/mol. The Bertz CT molecular complexity index is 958. The molecule has 1 aromatic carbocycles. The van der Waals surface area contributed by atoms with Crippen molar-refractivity contribution in [2.24, 2.45) is 0 Å². The first-order valence-corrected chi connectivity index (χ1v) is 10.1. The Morgan fingerprint density at radius 2 is 1.97 bits per heavy atom. The molecule has 0 aliphatic rings. The Hall–Kier alpha value is -2.97. The van der Waals surface area contributed by atoms with Gasteiger partial charge in [0.2, 0.25) is 0 Å². The van der Waals surface area contributed by atoms with Crippen LogP contribution in [0.15, 0.2) is 66.6 Å². The fourth-order valence-corrected chi connectivity index (χ4v) is 3.45. The number of nitrogens with zero attached hydrogens (tertiary/aromatic N) is 4. The van der Waals surface area contributed by atoms with Crippen LogP contribution in [-0.4, -0.2) is 49.1 Å². The zero-order valence-electron chi connectivity index (χ0n) is 16.1. The molecule has 0 aliphatic carbocycles. The van der Waals surface area contributed by atoms with E-state index in [0.29, 0.717) is 28.8 Å². The maximum Gasteiger partial charge on any atom is 0.191 e. The van der Waals surface area contributed by atoms with Gasteiger partial charge in [-0.2, -0.15) is 0 Å². The minimum atomic E-state index is -0.689. The first kappa shape index (κ1) is 20.8. The number of thioether (sulfide) groups is 1. The van der Waals surface area contributed by atoms with Crippen LogP contribution in [0.5, 0.6) is 5.75 Å². The fourth-order valence-electron chi connectivity index (χ4n) is 2.60. The number of pyridine rings is 1. The first-order chi connectivity index (χ1) is 14.1. The number of aliphatic hydroxyl groups is 1. The highest BCUT2D eigenvalue weighted by molar-refractivity contribution is 7.99. The maximum absolute atomic E-state index is 11.3. The summed E-state index contributed by atoms with van der Waals surface area (Å²) >= 11 is 1.40. The van der Waals surface area contributed by atoms with Crippen molar-refractivity contribution in [1.82, 2.24) is 19.7 Å². The van der Waals surface area contributed by atoms with Gasteiger partial charge in [0.1, 0.15) is 12.4 Å². The lowest BCUT2D eigenvalue weighted by Crippen LogP contribution is -2.20. The molecule has 0 amide bonds. The summed E-state index contributed by atoms with van der Waals surface area (Å²) in [5.74, 6) is 1.74. The summed E-state index contributed by atoms with van der Waals surface area (Å²) in [6.07, 6.45) is 4.51. The molecule has 3 aromatic rings. The van der Waals surface area contributed by atoms with E-state index in [9.17, 15) is 9.90 Å². The number of Topliss-reactive ketones (excluding diaryl/α,β-unsaturated/α-hetero) is 1. The molecule has 0 saturated heterocycles. The number of carbonyl (C=O) groups is 1. The van der Waals surface area contributed by atoms with E-state index >= 15 is 0 Å². The van der Waals surface area contributed by atoms with Gasteiger partial charge in [-0.05, 0) is 43.3 Å². The second-order valence-corrected chi connectivity index (χ2v) is 7.28. The van der Waals surface area contributed by atoms with Gasteiger partial charge in [0.15, 0.2) is 16.8 Å². The first-order valence-electron chi connectivity index (χ1n) is 9.07. The third-order valence-electron chi connectivity index (χ3n) is 4.08. The van der Waals surface area contributed by atoms with Gasteiger partial charge >= 0.3 is 0 Å². The van der Waals surface area contributed by atoms with E-state index in [1.54, 1.807) is 42.7 Å². The van der Waals surface area contributed by atoms with Gasteiger partial charge in [-0.25, -0.2) is 0 Å². The Morgan fingerprint density at radius 1 is 1.24 bits per heavy atom. The number of hydrogen-bond acceptors (Lipinski definition) is 7. The summed E-state index contributed by atoms with van der Waals surface area (Å²) in [6.45, 7) is 6.01. The van der Waals surface area contributed by atoms with E-state index in [-0.39, 0.29) is 12.4 Å². The van der Waals surface area contributed by atoms with Crippen molar-refractivity contribution in [3.8, 4) is 17.1 Å². The molecule has 0 fully saturated rings. The highest BCUT2D eigenvalue weighted by Gasteiger charge is 2.15. The van der Waals surface area contributed by atoms with Gasteiger partial charge in [0.25, 0.3) is 0 Å². The monoisotopic (exact) mass is 410 g/mol. The molecule has 7 nitrogen and oxygen atoms in total. The number of rotatable bonds is 10. The van der Waals surface area contributed by atoms with Crippen molar-refractivity contribution in [2.45, 2.75) is 24.7 Å². The van der Waals surface area contributed by atoms with Crippen LogP contribution < -0.4 is 4.74 Å². The van der Waals surface area contributed by atoms with Gasteiger partial charge in [0.05, 0.1) is 6.10 Å². The van der Waals surface area contributed by atoms with Crippen LogP contribution in [0, 0.1) is 0 Å². The van der Waals surface area contributed by atoms with Crippen LogP contribution in [0.4, 0.5) is 0 Å². The molecule has 1 N–H and O–H groups in total. The summed E-state index contributed by atoms with van der Waals surface area (Å²) in [5, 5.41) is 19.5. The molecule has 0 radical (unpaired) electrons. The average Bonchev–Trinajstić information content (AvgIpc) is 3.14. The highest BCUT2D eigenvalue weighted by Crippen LogP contribution is 2.24. The summed E-state index contributed by atoms with van der Waals surface area (Å²) in [4.78, 5) is 15.3. The number of allylic oxidation sites excluding steroid dienone is 1. The summed E-state index contributed by atoms with van der Waals surface area (Å²) < 4.78 is 7.55. The summed E-state index contributed by atoms with van der Waals surface area (Å²) in [5.41, 5.74) is 1.54. The number of hydrogen-bond donors (Lipinski definition) is 1. The van der Waals surface area contributed by atoms with E-state index < -0.39 is 6.10 Å². The molecule has 2 aromatic heterocycles. The Kier molecular flexibility index (Phi) is 7.15. The van der Waals surface area contributed by atoms with E-state index in [4.69, 9.17) is 4.74 Å². The average molecular weight is 410 g/mol. The number of aromatic nitrogens is 4. The highest BCUT2D eigenvalue weighted by atomic mass is 32.2. The predicted octanol–water partition coefficient (Wildman–Crippen LogP) is 3.26. The van der Waals surface area contributed by atoms with Crippen LogP contribution in [-0.2, 0) is 6.54 Å². The molecule has 0 unspecified atom stereocenters. The van der Waals surface area contributed by atoms with E-state index in [2.05, 4.69) is 21.8 Å². The number of aliphatic hydroxyl groups excluding tert-OH is 1. The fraction of sp³-hybridized carbons (Fsp3) is 0.238. The topological polar surface area (TPSA) is 90.1 Å². The van der Waals surface area contributed by atoms with Gasteiger partial charge in [-0.15, -0.1) is 16.8 Å². The molecule has 8 heteroatoms. The van der Waals surface area contributed by atoms with Crippen molar-refractivity contribution in [3.63, 3.8) is 0 Å². The Balaban J connectivity index is 1.58. The molecule has 0 spiro atoms. The van der Waals surface area contributed by atoms with Crippen LogP contribution in [0.3, 0.4) is 0 Å². The number of ketones is 1. The second kappa shape index (κ2) is 9.99. The van der Waals surface area contributed by atoms with Crippen LogP contribution >= 0.6 is 11.8 Å². The summed E-state index contributed by atoms with van der Waals surface area (Å²) in [7, 11) is 0. The lowest BCUT2D eigenvalue weighted by Gasteiger charge is -2.13. The normalized spacial score (nSPS) is 11.8. The third kappa shape index (κ3) is 5.52. The molecule has 3 rings (SSSR count). The Morgan fingerprint density at radius 3 is 2.62 bits per heavy atom. The molecule has 150 valence electrons. The van der Waals surface area contributed by atoms with E-state index in [1.165, 1.54) is 18.7 Å². The van der Waals surface area contributed by atoms with Crippen molar-refractivity contribution in [2.75, 3.05) is 12.4 Å². The molecular weight excluding hydrogens is 388 g/mol. The van der Waals surface area contributed by atoms with Gasteiger partial charge in [-0.1, -0.05) is 17.8 Å². The van der Waals surface area contributed by atoms with Crippen molar-refractivity contribution in [3.05, 3.63) is 67.0 Å². The van der Waals surface area contributed by atoms with Crippen molar-refractivity contribution >= 4 is 17.5 Å². The number of benzene rings is 1. The van der Waals surface area contributed by atoms with E-state index in [0.717, 1.165) is 11.4 Å². The molecule has 1 atom stereocenters. The van der Waals surface area contributed by atoms with Gasteiger partial charge < -0.3 is 9.84 Å². The largest absolute Gasteiger partial charge is 0.491 e. The lowest BCUT2D eigenvalue weighted by molar-refractivity contribution is 0.101. The van der Waals surface area contributed by atoms with Gasteiger partial charge in [0, 0.05) is 35.8 Å². The SMILES string of the molecule is C=CCn1c(SC[C@@H](O)COc2ccc(C(C)=O)cc2)nnc1-c1ccncc1. The molecule has 0 aliphatic heterocycles. The second-order valence-electron chi connectivity index (χ2n) is 6.30. The Labute approximate surface area is 173 Å². The van der Waals surface area contributed by atoms with Crippen LogP contribution in [0.1, 0.15) is 17.3 Å². The van der Waals surface area contributed by atoms with Crippen molar-refractivity contribution in [1.29, 1.82) is 0 Å². The molecule has 2 heterocycles. The van der Waals surface area contributed by atoms with E-state index in [1.807, 2.05) is 16.7 Å². The molecule has 0 saturated carbocycles. The maximum atomic E-state index is 11.3. The van der Waals surface area contributed by atoms with Crippen LogP contribution in [0.2, 0.25) is 0 Å². The molecule has 0 bridgehead atoms.